The summed E-state index contributed by atoms with van der Waals surface area (Å²) in [7, 11) is 0. The monoisotopic (exact) mass is 501 g/mol. The molecule has 35 heavy (non-hydrogen) atoms. The SMILES string of the molecule is O=C(NCCCn1ccnc1)c1ccc2nc(-c3ccccc3Cl)c(-c3ccccc3Cl)nc2c1. The standard InChI is InChI=1S/C27H21Cl2N5O/c28-21-8-3-1-6-19(21)25-26(20-7-2-4-9-22(20)29)33-24-16-18(10-11-23(24)32-25)27(35)31-12-5-14-34-15-13-30-17-34/h1-4,6-11,13,15-17H,5,12,14H2,(H,31,35). The zero-order chi connectivity index (χ0) is 24.2. The first-order chi connectivity index (χ1) is 17.1. The lowest BCUT2D eigenvalue weighted by atomic mass is 10.0. The third kappa shape index (κ3) is 5.04. The highest BCUT2D eigenvalue weighted by Gasteiger charge is 2.18. The normalized spacial score (nSPS) is 11.0. The Hall–Kier alpha value is -3.74. The van der Waals surface area contributed by atoms with E-state index in [4.69, 9.17) is 33.2 Å². The average molecular weight is 502 g/mol. The van der Waals surface area contributed by atoms with Gasteiger partial charge in [-0.25, -0.2) is 15.0 Å². The molecule has 6 nitrogen and oxygen atoms in total. The van der Waals surface area contributed by atoms with E-state index in [1.165, 1.54) is 0 Å². The minimum absolute atomic E-state index is 0.159. The fourth-order valence-corrected chi connectivity index (χ4v) is 4.31. The Morgan fingerprint density at radius 2 is 1.51 bits per heavy atom. The van der Waals surface area contributed by atoms with Crippen LogP contribution in [0.3, 0.4) is 0 Å². The number of carbonyl (C=O) groups is 1. The quantitative estimate of drug-likeness (QED) is 0.266. The van der Waals surface area contributed by atoms with E-state index in [0.717, 1.165) is 24.1 Å². The molecule has 1 amide bonds. The Morgan fingerprint density at radius 1 is 0.857 bits per heavy atom. The molecule has 8 heteroatoms. The first kappa shape index (κ1) is 23.0. The minimum atomic E-state index is -0.159. The van der Waals surface area contributed by atoms with Gasteiger partial charge in [-0.3, -0.25) is 4.79 Å². The number of imidazole rings is 1. The third-order valence-corrected chi connectivity index (χ3v) is 6.28. The second-order valence-electron chi connectivity index (χ2n) is 7.99. The summed E-state index contributed by atoms with van der Waals surface area (Å²) in [6, 6.07) is 20.3. The summed E-state index contributed by atoms with van der Waals surface area (Å²) in [6.07, 6.45) is 6.20. The van der Waals surface area contributed by atoms with E-state index in [2.05, 4.69) is 10.3 Å². The first-order valence-electron chi connectivity index (χ1n) is 11.2. The predicted molar refractivity (Wildman–Crippen MR) is 140 cm³/mol. The van der Waals surface area contributed by atoms with E-state index in [1.807, 2.05) is 59.3 Å². The molecular weight excluding hydrogens is 481 g/mol. The van der Waals surface area contributed by atoms with Crippen molar-refractivity contribution in [2.24, 2.45) is 0 Å². The molecule has 5 aromatic rings. The number of fused-ring (bicyclic) bond motifs is 1. The van der Waals surface area contributed by atoms with E-state index >= 15 is 0 Å². The number of rotatable bonds is 7. The lowest BCUT2D eigenvalue weighted by Crippen LogP contribution is -2.25. The van der Waals surface area contributed by atoms with Gasteiger partial charge in [-0.05, 0) is 36.8 Å². The van der Waals surface area contributed by atoms with Crippen LogP contribution in [-0.4, -0.2) is 32.0 Å². The summed E-state index contributed by atoms with van der Waals surface area (Å²) in [6.45, 7) is 1.34. The molecule has 0 fully saturated rings. The maximum atomic E-state index is 12.8. The van der Waals surface area contributed by atoms with Crippen molar-refractivity contribution in [2.75, 3.05) is 6.54 Å². The fraction of sp³-hybridized carbons (Fsp3) is 0.111. The number of halogens is 2. The first-order valence-corrected chi connectivity index (χ1v) is 11.9. The highest BCUT2D eigenvalue weighted by molar-refractivity contribution is 6.34. The third-order valence-electron chi connectivity index (χ3n) is 5.62. The molecule has 174 valence electrons. The zero-order valence-corrected chi connectivity index (χ0v) is 20.2. The number of aromatic nitrogens is 4. The Kier molecular flexibility index (Phi) is 6.75. The number of amides is 1. The summed E-state index contributed by atoms with van der Waals surface area (Å²) in [4.78, 5) is 26.6. The van der Waals surface area contributed by atoms with Crippen molar-refractivity contribution in [2.45, 2.75) is 13.0 Å². The summed E-state index contributed by atoms with van der Waals surface area (Å²) < 4.78 is 1.98. The molecule has 0 atom stereocenters. The van der Waals surface area contributed by atoms with Crippen LogP contribution in [0.2, 0.25) is 10.0 Å². The largest absolute Gasteiger partial charge is 0.352 e. The molecule has 0 aliphatic carbocycles. The lowest BCUT2D eigenvalue weighted by Gasteiger charge is -2.13. The molecule has 5 rings (SSSR count). The lowest BCUT2D eigenvalue weighted by molar-refractivity contribution is 0.0953. The molecule has 0 spiro atoms. The summed E-state index contributed by atoms with van der Waals surface area (Å²) >= 11 is 13.0. The number of aryl methyl sites for hydroxylation is 1. The van der Waals surface area contributed by atoms with Crippen LogP contribution in [0.5, 0.6) is 0 Å². The van der Waals surface area contributed by atoms with Gasteiger partial charge < -0.3 is 9.88 Å². The van der Waals surface area contributed by atoms with Crippen LogP contribution >= 0.6 is 23.2 Å². The fourth-order valence-electron chi connectivity index (χ4n) is 3.86. The molecule has 0 bridgehead atoms. The van der Waals surface area contributed by atoms with Gasteiger partial charge in [0, 0.05) is 42.2 Å². The Morgan fingerprint density at radius 3 is 2.14 bits per heavy atom. The number of benzene rings is 3. The van der Waals surface area contributed by atoms with Crippen LogP contribution in [0.4, 0.5) is 0 Å². The van der Waals surface area contributed by atoms with E-state index in [9.17, 15) is 4.79 Å². The second kappa shape index (κ2) is 10.3. The summed E-state index contributed by atoms with van der Waals surface area (Å²) in [5.41, 5.74) is 4.52. The van der Waals surface area contributed by atoms with Gasteiger partial charge in [0.15, 0.2) is 0 Å². The second-order valence-corrected chi connectivity index (χ2v) is 8.81. The summed E-state index contributed by atoms with van der Waals surface area (Å²) in [5, 5.41) is 4.09. The maximum absolute atomic E-state index is 12.8. The molecular formula is C27H21Cl2N5O. The Bertz CT molecular complexity index is 1500. The Labute approximate surface area is 212 Å². The zero-order valence-electron chi connectivity index (χ0n) is 18.7. The smallest absolute Gasteiger partial charge is 0.251 e. The summed E-state index contributed by atoms with van der Waals surface area (Å²) in [5.74, 6) is -0.159. The minimum Gasteiger partial charge on any atom is -0.352 e. The molecule has 1 N–H and O–H groups in total. The number of hydrogen-bond donors (Lipinski definition) is 1. The number of nitrogens with one attached hydrogen (secondary N) is 1. The van der Waals surface area contributed by atoms with Gasteiger partial charge in [0.05, 0.1) is 38.8 Å². The van der Waals surface area contributed by atoms with Crippen molar-refractivity contribution in [1.29, 1.82) is 0 Å². The molecule has 0 aliphatic rings. The topological polar surface area (TPSA) is 72.7 Å². The highest BCUT2D eigenvalue weighted by atomic mass is 35.5. The van der Waals surface area contributed by atoms with Crippen LogP contribution in [0.15, 0.2) is 85.5 Å². The number of nitrogens with zero attached hydrogens (tertiary/aromatic N) is 4. The van der Waals surface area contributed by atoms with Gasteiger partial charge in [0.1, 0.15) is 0 Å². The average Bonchev–Trinajstić information content (AvgIpc) is 3.40. The van der Waals surface area contributed by atoms with E-state index in [-0.39, 0.29) is 5.91 Å². The highest BCUT2D eigenvalue weighted by Crippen LogP contribution is 2.37. The van der Waals surface area contributed by atoms with E-state index < -0.39 is 0 Å². The van der Waals surface area contributed by atoms with Crippen molar-refractivity contribution in [3.63, 3.8) is 0 Å². The van der Waals surface area contributed by atoms with Crippen LogP contribution in [0.25, 0.3) is 33.5 Å². The number of hydrogen-bond acceptors (Lipinski definition) is 4. The van der Waals surface area contributed by atoms with Crippen LogP contribution in [0, 0.1) is 0 Å². The van der Waals surface area contributed by atoms with Gasteiger partial charge in [0.2, 0.25) is 0 Å². The van der Waals surface area contributed by atoms with Crippen LogP contribution in [0.1, 0.15) is 16.8 Å². The Balaban J connectivity index is 1.48. The molecule has 0 radical (unpaired) electrons. The van der Waals surface area contributed by atoms with Crippen molar-refractivity contribution >= 4 is 40.1 Å². The molecule has 0 saturated carbocycles. The van der Waals surface area contributed by atoms with E-state index in [0.29, 0.717) is 44.6 Å². The molecule has 2 heterocycles. The van der Waals surface area contributed by atoms with E-state index in [1.54, 1.807) is 30.7 Å². The molecule has 2 aromatic heterocycles. The van der Waals surface area contributed by atoms with Gasteiger partial charge in [-0.15, -0.1) is 0 Å². The van der Waals surface area contributed by atoms with Gasteiger partial charge in [0.25, 0.3) is 5.91 Å². The molecule has 0 aliphatic heterocycles. The van der Waals surface area contributed by atoms with Crippen LogP contribution < -0.4 is 5.32 Å². The van der Waals surface area contributed by atoms with Crippen LogP contribution in [-0.2, 0) is 6.54 Å². The van der Waals surface area contributed by atoms with Gasteiger partial charge in [-0.2, -0.15) is 0 Å². The molecule has 0 unspecified atom stereocenters. The van der Waals surface area contributed by atoms with Crippen molar-refractivity contribution in [3.05, 3.63) is 101 Å². The van der Waals surface area contributed by atoms with Gasteiger partial charge >= 0.3 is 0 Å². The van der Waals surface area contributed by atoms with Crippen molar-refractivity contribution in [3.8, 4) is 22.5 Å². The number of carbonyl (C=O) groups excluding carboxylic acids is 1. The van der Waals surface area contributed by atoms with Crippen molar-refractivity contribution < 1.29 is 4.79 Å². The predicted octanol–water partition coefficient (Wildman–Crippen LogP) is 6.29. The molecule has 0 saturated heterocycles. The van der Waals surface area contributed by atoms with Crippen molar-refractivity contribution in [1.82, 2.24) is 24.8 Å². The van der Waals surface area contributed by atoms with Gasteiger partial charge in [-0.1, -0.05) is 59.6 Å². The molecule has 3 aromatic carbocycles. The maximum Gasteiger partial charge on any atom is 0.251 e.